The predicted octanol–water partition coefficient (Wildman–Crippen LogP) is 4.63. The highest BCUT2D eigenvalue weighted by molar-refractivity contribution is 8.00. The normalized spacial score (nSPS) is 12.1. The lowest BCUT2D eigenvalue weighted by Gasteiger charge is -2.13. The first-order valence-corrected chi connectivity index (χ1v) is 9.25. The summed E-state index contributed by atoms with van der Waals surface area (Å²) in [6.45, 7) is 5.73. The minimum atomic E-state index is -0.441. The molecule has 1 aromatic heterocycles. The molecule has 5 heteroatoms. The van der Waals surface area contributed by atoms with E-state index in [1.807, 2.05) is 63.2 Å². The van der Waals surface area contributed by atoms with E-state index >= 15 is 0 Å². The molecule has 0 spiro atoms. The Kier molecular flexibility index (Phi) is 5.47. The van der Waals surface area contributed by atoms with Crippen LogP contribution < -0.4 is 5.63 Å². The van der Waals surface area contributed by atoms with Gasteiger partial charge in [0.15, 0.2) is 0 Å². The maximum Gasteiger partial charge on any atom is 0.336 e. The van der Waals surface area contributed by atoms with Crippen molar-refractivity contribution >= 4 is 28.7 Å². The van der Waals surface area contributed by atoms with Gasteiger partial charge < -0.3 is 9.15 Å². The number of fused-ring (bicyclic) bond motifs is 1. The molecular formula is C21H20O4S. The number of rotatable bonds is 5. The average Bonchev–Trinajstić information content (AvgIpc) is 2.63. The van der Waals surface area contributed by atoms with E-state index in [1.54, 1.807) is 0 Å². The summed E-state index contributed by atoms with van der Waals surface area (Å²) in [5.41, 5.74) is 2.73. The molecular weight excluding hydrogens is 348 g/mol. The molecule has 1 heterocycles. The van der Waals surface area contributed by atoms with Crippen LogP contribution in [0.15, 0.2) is 62.6 Å². The number of thioether (sulfide) groups is 1. The van der Waals surface area contributed by atoms with Crippen LogP contribution in [0.2, 0.25) is 0 Å². The second-order valence-electron chi connectivity index (χ2n) is 6.16. The van der Waals surface area contributed by atoms with Crippen molar-refractivity contribution in [2.45, 2.75) is 37.5 Å². The second kappa shape index (κ2) is 7.79. The van der Waals surface area contributed by atoms with Crippen LogP contribution in [0.25, 0.3) is 11.0 Å². The molecule has 0 radical (unpaired) electrons. The molecule has 2 aromatic carbocycles. The van der Waals surface area contributed by atoms with Crippen molar-refractivity contribution < 1.29 is 13.9 Å². The lowest BCUT2D eigenvalue weighted by molar-refractivity contribution is -0.143. The van der Waals surface area contributed by atoms with E-state index in [2.05, 4.69) is 0 Å². The van der Waals surface area contributed by atoms with Crippen molar-refractivity contribution in [2.24, 2.45) is 0 Å². The summed E-state index contributed by atoms with van der Waals surface area (Å²) in [6.07, 6.45) is 0. The van der Waals surface area contributed by atoms with E-state index in [1.165, 1.54) is 17.8 Å². The number of benzene rings is 2. The third-order valence-corrected chi connectivity index (χ3v) is 5.37. The Hall–Kier alpha value is -2.53. The van der Waals surface area contributed by atoms with Crippen molar-refractivity contribution in [3.8, 4) is 0 Å². The molecule has 0 amide bonds. The summed E-state index contributed by atoms with van der Waals surface area (Å²) in [4.78, 5) is 25.2. The van der Waals surface area contributed by atoms with Crippen molar-refractivity contribution in [1.82, 2.24) is 0 Å². The van der Waals surface area contributed by atoms with Gasteiger partial charge in [0.05, 0.1) is 0 Å². The number of hydrogen-bond donors (Lipinski definition) is 0. The van der Waals surface area contributed by atoms with Crippen LogP contribution in [0.3, 0.4) is 0 Å². The van der Waals surface area contributed by atoms with Gasteiger partial charge in [0.2, 0.25) is 0 Å². The van der Waals surface area contributed by atoms with E-state index in [9.17, 15) is 9.59 Å². The van der Waals surface area contributed by atoms with E-state index in [4.69, 9.17) is 9.15 Å². The summed E-state index contributed by atoms with van der Waals surface area (Å²) in [6, 6.07) is 15.0. The second-order valence-corrected chi connectivity index (χ2v) is 7.57. The highest BCUT2D eigenvalue weighted by Gasteiger charge is 2.17. The Morgan fingerprint density at radius 3 is 2.62 bits per heavy atom. The van der Waals surface area contributed by atoms with Gasteiger partial charge in [-0.25, -0.2) is 4.79 Å². The van der Waals surface area contributed by atoms with Crippen LogP contribution in [-0.4, -0.2) is 11.2 Å². The molecule has 0 aliphatic heterocycles. The first-order chi connectivity index (χ1) is 12.5. The van der Waals surface area contributed by atoms with E-state index in [0.717, 1.165) is 21.4 Å². The summed E-state index contributed by atoms with van der Waals surface area (Å²) < 4.78 is 10.8. The van der Waals surface area contributed by atoms with Gasteiger partial charge in [-0.1, -0.05) is 30.3 Å². The average molecular weight is 368 g/mol. The van der Waals surface area contributed by atoms with Crippen LogP contribution in [0, 0.1) is 13.8 Å². The molecule has 0 unspecified atom stereocenters. The van der Waals surface area contributed by atoms with Crippen LogP contribution >= 0.6 is 11.8 Å². The van der Waals surface area contributed by atoms with Gasteiger partial charge in [0.1, 0.15) is 17.4 Å². The van der Waals surface area contributed by atoms with Gasteiger partial charge in [0.25, 0.3) is 0 Å². The fourth-order valence-electron chi connectivity index (χ4n) is 2.66. The van der Waals surface area contributed by atoms with Gasteiger partial charge in [-0.05, 0) is 44.0 Å². The van der Waals surface area contributed by atoms with Gasteiger partial charge >= 0.3 is 11.6 Å². The van der Waals surface area contributed by atoms with Crippen molar-refractivity contribution in [3.63, 3.8) is 0 Å². The molecule has 0 N–H and O–H groups in total. The zero-order chi connectivity index (χ0) is 18.7. The molecule has 0 bridgehead atoms. The Labute approximate surface area is 156 Å². The van der Waals surface area contributed by atoms with Crippen LogP contribution in [-0.2, 0) is 16.1 Å². The number of carbonyl (C=O) groups excluding carboxylic acids is 1. The Balaban J connectivity index is 1.76. The largest absolute Gasteiger partial charge is 0.460 e. The predicted molar refractivity (Wildman–Crippen MR) is 104 cm³/mol. The number of esters is 1. The van der Waals surface area contributed by atoms with Gasteiger partial charge in [-0.2, -0.15) is 0 Å². The molecule has 0 saturated carbocycles. The number of hydrogen-bond acceptors (Lipinski definition) is 5. The highest BCUT2D eigenvalue weighted by atomic mass is 32.2. The number of ether oxygens (including phenoxy) is 1. The number of carbonyl (C=O) groups is 1. The lowest BCUT2D eigenvalue weighted by atomic mass is 10.0. The van der Waals surface area contributed by atoms with E-state index in [-0.39, 0.29) is 17.8 Å². The molecule has 26 heavy (non-hydrogen) atoms. The standard InChI is InChI=1S/C21H20O4S/c1-13-9-10-18-16(11-19(22)25-20(18)14(13)2)12-24-21(23)15(3)26-17-7-5-4-6-8-17/h4-11,15H,12H2,1-3H3/t15-/m0/s1. The molecule has 0 aliphatic carbocycles. The molecule has 0 fully saturated rings. The van der Waals surface area contributed by atoms with Crippen LogP contribution in [0.1, 0.15) is 23.6 Å². The molecule has 0 aliphatic rings. The molecule has 1 atom stereocenters. The maximum atomic E-state index is 12.3. The third-order valence-electron chi connectivity index (χ3n) is 4.28. The Morgan fingerprint density at radius 2 is 1.88 bits per heavy atom. The van der Waals surface area contributed by atoms with Crippen LogP contribution in [0.5, 0.6) is 0 Å². The summed E-state index contributed by atoms with van der Waals surface area (Å²) in [5.74, 6) is -0.316. The van der Waals surface area contributed by atoms with E-state index in [0.29, 0.717) is 11.1 Å². The minimum absolute atomic E-state index is 0.0448. The fourth-order valence-corrected chi connectivity index (χ4v) is 3.55. The monoisotopic (exact) mass is 368 g/mol. The smallest absolute Gasteiger partial charge is 0.336 e. The van der Waals surface area contributed by atoms with Gasteiger partial charge in [0, 0.05) is 21.9 Å². The fraction of sp³-hybridized carbons (Fsp3) is 0.238. The van der Waals surface area contributed by atoms with Gasteiger partial charge in [-0.3, -0.25) is 4.79 Å². The lowest BCUT2D eigenvalue weighted by Crippen LogP contribution is -2.17. The summed E-state index contributed by atoms with van der Waals surface area (Å²) in [7, 11) is 0. The molecule has 3 aromatic rings. The molecule has 0 saturated heterocycles. The molecule has 134 valence electrons. The van der Waals surface area contributed by atoms with Crippen molar-refractivity contribution in [1.29, 1.82) is 0 Å². The summed E-state index contributed by atoms with van der Waals surface area (Å²) in [5, 5.41) is 0.455. The zero-order valence-corrected chi connectivity index (χ0v) is 15.8. The SMILES string of the molecule is Cc1ccc2c(COC(=O)[C@H](C)Sc3ccccc3)cc(=O)oc2c1C. The quantitative estimate of drug-likeness (QED) is 0.373. The first-order valence-electron chi connectivity index (χ1n) is 8.37. The van der Waals surface area contributed by atoms with Gasteiger partial charge in [-0.15, -0.1) is 11.8 Å². The number of aryl methyl sites for hydroxylation is 2. The maximum absolute atomic E-state index is 12.3. The third kappa shape index (κ3) is 3.99. The van der Waals surface area contributed by atoms with E-state index < -0.39 is 5.63 Å². The Bertz CT molecular complexity index is 992. The van der Waals surface area contributed by atoms with Crippen molar-refractivity contribution in [2.75, 3.05) is 0 Å². The minimum Gasteiger partial charge on any atom is -0.460 e. The Morgan fingerprint density at radius 1 is 1.15 bits per heavy atom. The van der Waals surface area contributed by atoms with Crippen LogP contribution in [0.4, 0.5) is 0 Å². The topological polar surface area (TPSA) is 56.5 Å². The molecule has 4 nitrogen and oxygen atoms in total. The van der Waals surface area contributed by atoms with Crippen molar-refractivity contribution in [3.05, 3.63) is 75.6 Å². The highest BCUT2D eigenvalue weighted by Crippen LogP contribution is 2.26. The zero-order valence-electron chi connectivity index (χ0n) is 14.9. The molecule has 3 rings (SSSR count). The summed E-state index contributed by atoms with van der Waals surface area (Å²) >= 11 is 1.44. The first kappa shape index (κ1) is 18.3.